The van der Waals surface area contributed by atoms with Gasteiger partial charge in [-0.05, 0) is 37.4 Å². The lowest BCUT2D eigenvalue weighted by Gasteiger charge is -2.03. The third-order valence-corrected chi connectivity index (χ3v) is 3.36. The van der Waals surface area contributed by atoms with Crippen LogP contribution < -0.4 is 5.73 Å². The normalized spacial score (nSPS) is 10.8. The maximum absolute atomic E-state index is 13.3. The molecule has 0 radical (unpaired) electrons. The van der Waals surface area contributed by atoms with Crippen molar-refractivity contribution in [2.75, 3.05) is 6.54 Å². The van der Waals surface area contributed by atoms with E-state index in [1.807, 2.05) is 12.1 Å². The van der Waals surface area contributed by atoms with E-state index in [4.69, 9.17) is 5.73 Å². The predicted octanol–water partition coefficient (Wildman–Crippen LogP) is 4.45. The Morgan fingerprint density at radius 1 is 0.778 bits per heavy atom. The van der Waals surface area contributed by atoms with Crippen LogP contribution in [0.4, 0.5) is 4.39 Å². The Balaban J connectivity index is 1.94. The molecular formula is C16H26FN. The summed E-state index contributed by atoms with van der Waals surface area (Å²) in [5.41, 5.74) is 6.31. The van der Waals surface area contributed by atoms with E-state index in [0.29, 0.717) is 0 Å². The number of halogens is 1. The van der Waals surface area contributed by atoms with Crippen LogP contribution in [-0.4, -0.2) is 6.54 Å². The molecular weight excluding hydrogens is 225 g/mol. The van der Waals surface area contributed by atoms with E-state index in [1.54, 1.807) is 12.1 Å². The van der Waals surface area contributed by atoms with E-state index in [9.17, 15) is 4.39 Å². The van der Waals surface area contributed by atoms with Crippen molar-refractivity contribution >= 4 is 0 Å². The van der Waals surface area contributed by atoms with E-state index >= 15 is 0 Å². The molecule has 1 nitrogen and oxygen atoms in total. The lowest BCUT2D eigenvalue weighted by molar-refractivity contribution is 0.561. The fourth-order valence-corrected chi connectivity index (χ4v) is 2.22. The predicted molar refractivity (Wildman–Crippen MR) is 76.1 cm³/mol. The zero-order valence-electron chi connectivity index (χ0n) is 11.3. The van der Waals surface area contributed by atoms with E-state index in [1.165, 1.54) is 38.5 Å². The molecule has 0 aliphatic carbocycles. The zero-order valence-corrected chi connectivity index (χ0v) is 11.3. The van der Waals surface area contributed by atoms with Crippen LogP contribution in [0.25, 0.3) is 0 Å². The molecule has 0 spiro atoms. The average Bonchev–Trinajstić information content (AvgIpc) is 2.39. The monoisotopic (exact) mass is 251 g/mol. The minimum atomic E-state index is -0.0562. The molecule has 0 amide bonds. The van der Waals surface area contributed by atoms with Crippen LogP contribution in [0.3, 0.4) is 0 Å². The maximum Gasteiger partial charge on any atom is 0.126 e. The topological polar surface area (TPSA) is 26.0 Å². The summed E-state index contributed by atoms with van der Waals surface area (Å²) in [5.74, 6) is -0.0562. The maximum atomic E-state index is 13.3. The number of aryl methyl sites for hydroxylation is 1. The van der Waals surface area contributed by atoms with Gasteiger partial charge in [-0.2, -0.15) is 0 Å². The highest BCUT2D eigenvalue weighted by Crippen LogP contribution is 2.13. The minimum Gasteiger partial charge on any atom is -0.330 e. The van der Waals surface area contributed by atoms with Gasteiger partial charge in [-0.25, -0.2) is 4.39 Å². The van der Waals surface area contributed by atoms with Gasteiger partial charge in [-0.3, -0.25) is 0 Å². The summed E-state index contributed by atoms with van der Waals surface area (Å²) in [6.07, 6.45) is 10.8. The Kier molecular flexibility index (Phi) is 8.49. The molecule has 0 saturated carbocycles. The molecule has 1 aromatic carbocycles. The summed E-state index contributed by atoms with van der Waals surface area (Å²) in [7, 11) is 0. The Labute approximate surface area is 111 Å². The number of unbranched alkanes of at least 4 members (excludes halogenated alkanes) is 7. The fourth-order valence-electron chi connectivity index (χ4n) is 2.22. The van der Waals surface area contributed by atoms with Crippen molar-refractivity contribution in [2.24, 2.45) is 5.73 Å². The van der Waals surface area contributed by atoms with Crippen LogP contribution in [0.15, 0.2) is 24.3 Å². The summed E-state index contributed by atoms with van der Waals surface area (Å²) in [6, 6.07) is 7.10. The lowest BCUT2D eigenvalue weighted by atomic mass is 10.0. The van der Waals surface area contributed by atoms with Gasteiger partial charge in [0.05, 0.1) is 0 Å². The first-order valence-electron chi connectivity index (χ1n) is 7.28. The summed E-state index contributed by atoms with van der Waals surface area (Å²) in [5, 5.41) is 0. The Bertz CT molecular complexity index is 312. The van der Waals surface area contributed by atoms with Gasteiger partial charge in [0, 0.05) is 0 Å². The smallest absolute Gasteiger partial charge is 0.126 e. The molecule has 2 heteroatoms. The molecule has 2 N–H and O–H groups in total. The van der Waals surface area contributed by atoms with Gasteiger partial charge in [-0.1, -0.05) is 56.7 Å². The number of nitrogens with two attached hydrogens (primary N) is 1. The first-order valence-corrected chi connectivity index (χ1v) is 7.28. The molecule has 0 atom stereocenters. The largest absolute Gasteiger partial charge is 0.330 e. The standard InChI is InChI=1S/C16H26FN/c17-16-13-9-8-12-15(16)11-7-5-3-1-2-4-6-10-14-18/h8-9,12-13H,1-7,10-11,14,18H2. The van der Waals surface area contributed by atoms with Crippen LogP contribution in [0, 0.1) is 5.82 Å². The van der Waals surface area contributed by atoms with Gasteiger partial charge < -0.3 is 5.73 Å². The third kappa shape index (κ3) is 6.75. The van der Waals surface area contributed by atoms with E-state index in [2.05, 4.69) is 0 Å². The molecule has 102 valence electrons. The molecule has 0 aromatic heterocycles. The zero-order chi connectivity index (χ0) is 13.1. The summed E-state index contributed by atoms with van der Waals surface area (Å²) < 4.78 is 13.3. The third-order valence-electron chi connectivity index (χ3n) is 3.36. The molecule has 0 bridgehead atoms. The van der Waals surface area contributed by atoms with Gasteiger partial charge in [0.1, 0.15) is 5.82 Å². The van der Waals surface area contributed by atoms with Gasteiger partial charge in [0.2, 0.25) is 0 Å². The number of benzene rings is 1. The molecule has 1 rings (SSSR count). The first-order chi connectivity index (χ1) is 8.84. The van der Waals surface area contributed by atoms with Crippen LogP contribution in [-0.2, 0) is 6.42 Å². The highest BCUT2D eigenvalue weighted by Gasteiger charge is 1.99. The van der Waals surface area contributed by atoms with Gasteiger partial charge in [0.15, 0.2) is 0 Å². The van der Waals surface area contributed by atoms with Gasteiger partial charge in [0.25, 0.3) is 0 Å². The SMILES string of the molecule is NCCCCCCCCCCc1ccccc1F. The van der Waals surface area contributed by atoms with Crippen molar-refractivity contribution in [3.63, 3.8) is 0 Å². The molecule has 0 aliphatic heterocycles. The molecule has 1 aromatic rings. The van der Waals surface area contributed by atoms with Crippen LogP contribution in [0.2, 0.25) is 0 Å². The average molecular weight is 251 g/mol. The van der Waals surface area contributed by atoms with E-state index in [0.717, 1.165) is 31.4 Å². The molecule has 0 saturated heterocycles. The second kappa shape index (κ2) is 10.1. The fraction of sp³-hybridized carbons (Fsp3) is 0.625. The van der Waals surface area contributed by atoms with Crippen molar-refractivity contribution in [1.29, 1.82) is 0 Å². The Morgan fingerprint density at radius 2 is 1.33 bits per heavy atom. The number of rotatable bonds is 10. The van der Waals surface area contributed by atoms with Crippen molar-refractivity contribution in [2.45, 2.75) is 57.8 Å². The van der Waals surface area contributed by atoms with Gasteiger partial charge >= 0.3 is 0 Å². The number of hydrogen-bond donors (Lipinski definition) is 1. The first kappa shape index (κ1) is 15.2. The second-order valence-electron chi connectivity index (χ2n) is 4.96. The van der Waals surface area contributed by atoms with Crippen molar-refractivity contribution in [3.05, 3.63) is 35.6 Å². The summed E-state index contributed by atoms with van der Waals surface area (Å²) in [6.45, 7) is 0.822. The van der Waals surface area contributed by atoms with Crippen LogP contribution in [0.5, 0.6) is 0 Å². The highest BCUT2D eigenvalue weighted by molar-refractivity contribution is 5.17. The van der Waals surface area contributed by atoms with Crippen LogP contribution >= 0.6 is 0 Å². The quantitative estimate of drug-likeness (QED) is 0.611. The Hall–Kier alpha value is -0.890. The van der Waals surface area contributed by atoms with E-state index in [-0.39, 0.29) is 5.82 Å². The lowest BCUT2D eigenvalue weighted by Crippen LogP contribution is -1.97. The van der Waals surface area contributed by atoms with E-state index < -0.39 is 0 Å². The van der Waals surface area contributed by atoms with Crippen molar-refractivity contribution in [1.82, 2.24) is 0 Å². The van der Waals surface area contributed by atoms with Crippen molar-refractivity contribution < 1.29 is 4.39 Å². The molecule has 0 aliphatic rings. The van der Waals surface area contributed by atoms with Gasteiger partial charge in [-0.15, -0.1) is 0 Å². The van der Waals surface area contributed by atoms with Crippen LogP contribution in [0.1, 0.15) is 56.9 Å². The highest BCUT2D eigenvalue weighted by atomic mass is 19.1. The summed E-state index contributed by atoms with van der Waals surface area (Å²) >= 11 is 0. The number of hydrogen-bond acceptors (Lipinski definition) is 1. The second-order valence-corrected chi connectivity index (χ2v) is 4.96. The molecule has 18 heavy (non-hydrogen) atoms. The van der Waals surface area contributed by atoms with Crippen molar-refractivity contribution in [3.8, 4) is 0 Å². The molecule has 0 heterocycles. The minimum absolute atomic E-state index is 0.0562. The molecule has 0 unspecified atom stereocenters. The Morgan fingerprint density at radius 3 is 1.94 bits per heavy atom. The molecule has 0 fully saturated rings. The summed E-state index contributed by atoms with van der Waals surface area (Å²) in [4.78, 5) is 0.